The standard InChI is InChI=1S/C22H21FO3S/c1-16-7-6-8-17(2)22(16)26-27(24,25)15-21(18-9-4-3-5-10-18)19-11-13-20(23)14-12-19/h3-14,21H,15H2,1-2H3/t21-/m1/s1. The summed E-state index contributed by atoms with van der Waals surface area (Å²) in [7, 11) is -3.88. The fourth-order valence-corrected chi connectivity index (χ4v) is 4.44. The van der Waals surface area contributed by atoms with Gasteiger partial charge in [0.05, 0.1) is 5.75 Å². The van der Waals surface area contributed by atoms with E-state index >= 15 is 0 Å². The van der Waals surface area contributed by atoms with Crippen molar-refractivity contribution in [3.8, 4) is 5.75 Å². The summed E-state index contributed by atoms with van der Waals surface area (Å²) in [6.45, 7) is 3.62. The van der Waals surface area contributed by atoms with Crippen molar-refractivity contribution in [3.63, 3.8) is 0 Å². The number of para-hydroxylation sites is 1. The Labute approximate surface area is 159 Å². The average molecular weight is 384 g/mol. The summed E-state index contributed by atoms with van der Waals surface area (Å²) in [6.07, 6.45) is 0. The monoisotopic (exact) mass is 384 g/mol. The zero-order valence-electron chi connectivity index (χ0n) is 15.2. The Morgan fingerprint density at radius 2 is 1.37 bits per heavy atom. The SMILES string of the molecule is Cc1cccc(C)c1OS(=O)(=O)C[C@H](c1ccccc1)c1ccc(F)cc1. The van der Waals surface area contributed by atoms with Crippen molar-refractivity contribution < 1.29 is 17.0 Å². The van der Waals surface area contributed by atoms with Crippen LogP contribution in [0.25, 0.3) is 0 Å². The van der Waals surface area contributed by atoms with Crippen molar-refractivity contribution in [2.45, 2.75) is 19.8 Å². The van der Waals surface area contributed by atoms with Crippen molar-refractivity contribution in [1.82, 2.24) is 0 Å². The number of benzene rings is 3. The van der Waals surface area contributed by atoms with E-state index in [2.05, 4.69) is 0 Å². The molecule has 3 aromatic rings. The molecule has 0 amide bonds. The summed E-state index contributed by atoms with van der Waals surface area (Å²) < 4.78 is 44.4. The second-order valence-electron chi connectivity index (χ2n) is 6.54. The van der Waals surface area contributed by atoms with Crippen LogP contribution in [-0.4, -0.2) is 14.2 Å². The molecule has 0 aliphatic rings. The zero-order chi connectivity index (χ0) is 19.4. The van der Waals surface area contributed by atoms with E-state index in [1.54, 1.807) is 12.1 Å². The third-order valence-corrected chi connectivity index (χ3v) is 5.63. The fourth-order valence-electron chi connectivity index (χ4n) is 3.06. The Balaban J connectivity index is 1.95. The van der Waals surface area contributed by atoms with Crippen LogP contribution in [0.15, 0.2) is 72.8 Å². The number of hydrogen-bond acceptors (Lipinski definition) is 3. The molecule has 0 saturated heterocycles. The molecule has 0 aliphatic heterocycles. The largest absolute Gasteiger partial charge is 0.382 e. The minimum absolute atomic E-state index is 0.240. The third-order valence-electron chi connectivity index (χ3n) is 4.46. The minimum atomic E-state index is -3.88. The van der Waals surface area contributed by atoms with Crippen molar-refractivity contribution in [1.29, 1.82) is 0 Å². The van der Waals surface area contributed by atoms with Gasteiger partial charge < -0.3 is 4.18 Å². The highest BCUT2D eigenvalue weighted by molar-refractivity contribution is 7.87. The van der Waals surface area contributed by atoms with Gasteiger partial charge in [-0.15, -0.1) is 0 Å². The second-order valence-corrected chi connectivity index (χ2v) is 8.16. The molecular formula is C22H21FO3S. The van der Waals surface area contributed by atoms with Crippen LogP contribution in [0.5, 0.6) is 5.75 Å². The molecule has 0 fully saturated rings. The van der Waals surface area contributed by atoms with E-state index in [4.69, 9.17) is 4.18 Å². The first-order chi connectivity index (χ1) is 12.9. The topological polar surface area (TPSA) is 43.4 Å². The van der Waals surface area contributed by atoms with E-state index in [9.17, 15) is 12.8 Å². The van der Waals surface area contributed by atoms with Crippen molar-refractivity contribution in [2.24, 2.45) is 0 Å². The van der Waals surface area contributed by atoms with Gasteiger partial charge in [0.2, 0.25) is 0 Å². The zero-order valence-corrected chi connectivity index (χ0v) is 16.0. The van der Waals surface area contributed by atoms with Crippen molar-refractivity contribution in [2.75, 3.05) is 5.75 Å². The Morgan fingerprint density at radius 1 is 0.815 bits per heavy atom. The molecule has 0 bridgehead atoms. The lowest BCUT2D eigenvalue weighted by atomic mass is 9.93. The Hall–Kier alpha value is -2.66. The van der Waals surface area contributed by atoms with Crippen LogP contribution in [0, 0.1) is 19.7 Å². The van der Waals surface area contributed by atoms with Gasteiger partial charge in [-0.3, -0.25) is 0 Å². The summed E-state index contributed by atoms with van der Waals surface area (Å²) in [5, 5.41) is 0. The first-order valence-electron chi connectivity index (χ1n) is 8.64. The molecule has 0 aromatic heterocycles. The molecule has 0 spiro atoms. The average Bonchev–Trinajstić information content (AvgIpc) is 2.65. The summed E-state index contributed by atoms with van der Waals surface area (Å²) in [5.74, 6) is -0.694. The molecule has 0 N–H and O–H groups in total. The molecule has 3 aromatic carbocycles. The number of halogens is 1. The van der Waals surface area contributed by atoms with Crippen LogP contribution in [0.4, 0.5) is 4.39 Å². The van der Waals surface area contributed by atoms with E-state index in [0.717, 1.165) is 22.3 Å². The molecule has 1 atom stereocenters. The van der Waals surface area contributed by atoms with Gasteiger partial charge in [0, 0.05) is 5.92 Å². The van der Waals surface area contributed by atoms with E-state index in [-0.39, 0.29) is 11.6 Å². The van der Waals surface area contributed by atoms with E-state index in [1.165, 1.54) is 12.1 Å². The van der Waals surface area contributed by atoms with Gasteiger partial charge in [0.15, 0.2) is 0 Å². The van der Waals surface area contributed by atoms with Crippen LogP contribution in [0.1, 0.15) is 28.2 Å². The smallest absolute Gasteiger partial charge is 0.310 e. The molecule has 0 saturated carbocycles. The lowest BCUT2D eigenvalue weighted by Crippen LogP contribution is -2.21. The quantitative estimate of drug-likeness (QED) is 0.563. The van der Waals surface area contributed by atoms with E-state index in [1.807, 2.05) is 62.4 Å². The van der Waals surface area contributed by atoms with Crippen LogP contribution in [0.3, 0.4) is 0 Å². The highest BCUT2D eigenvalue weighted by Gasteiger charge is 2.25. The first kappa shape index (κ1) is 19.1. The normalized spacial score (nSPS) is 12.6. The van der Waals surface area contributed by atoms with Crippen LogP contribution >= 0.6 is 0 Å². The summed E-state index contributed by atoms with van der Waals surface area (Å²) in [5.41, 5.74) is 3.07. The number of rotatable bonds is 6. The van der Waals surface area contributed by atoms with Gasteiger partial charge in [0.25, 0.3) is 0 Å². The van der Waals surface area contributed by atoms with Gasteiger partial charge in [-0.25, -0.2) is 4.39 Å². The summed E-state index contributed by atoms with van der Waals surface area (Å²) in [6, 6.07) is 20.7. The van der Waals surface area contributed by atoms with Crippen LogP contribution < -0.4 is 4.18 Å². The van der Waals surface area contributed by atoms with Crippen LogP contribution in [-0.2, 0) is 10.1 Å². The molecule has 0 unspecified atom stereocenters. The minimum Gasteiger partial charge on any atom is -0.382 e. The molecule has 0 radical (unpaired) electrons. The highest BCUT2D eigenvalue weighted by Crippen LogP contribution is 2.29. The maximum absolute atomic E-state index is 13.3. The molecule has 3 nitrogen and oxygen atoms in total. The van der Waals surface area contributed by atoms with Crippen molar-refractivity contribution >= 4 is 10.1 Å². The molecule has 0 aliphatic carbocycles. The highest BCUT2D eigenvalue weighted by atomic mass is 32.2. The molecule has 0 heterocycles. The van der Waals surface area contributed by atoms with E-state index < -0.39 is 16.0 Å². The van der Waals surface area contributed by atoms with Gasteiger partial charge in [-0.2, -0.15) is 8.42 Å². The van der Waals surface area contributed by atoms with Gasteiger partial charge in [0.1, 0.15) is 11.6 Å². The van der Waals surface area contributed by atoms with Crippen molar-refractivity contribution in [3.05, 3.63) is 101 Å². The predicted octanol–water partition coefficient (Wildman–Crippen LogP) is 4.98. The van der Waals surface area contributed by atoms with Crippen LogP contribution in [0.2, 0.25) is 0 Å². The molecule has 5 heteroatoms. The fraction of sp³-hybridized carbons (Fsp3) is 0.182. The first-order valence-corrected chi connectivity index (χ1v) is 10.2. The van der Waals surface area contributed by atoms with Gasteiger partial charge in [-0.1, -0.05) is 60.7 Å². The lowest BCUT2D eigenvalue weighted by Gasteiger charge is -2.19. The summed E-state index contributed by atoms with van der Waals surface area (Å²) in [4.78, 5) is 0. The Bertz CT molecular complexity index is 993. The number of aryl methyl sites for hydroxylation is 2. The lowest BCUT2D eigenvalue weighted by molar-refractivity contribution is 0.479. The summed E-state index contributed by atoms with van der Waals surface area (Å²) >= 11 is 0. The molecule has 3 rings (SSSR count). The number of hydrogen-bond donors (Lipinski definition) is 0. The molecule has 140 valence electrons. The van der Waals surface area contributed by atoms with Gasteiger partial charge >= 0.3 is 10.1 Å². The third kappa shape index (κ3) is 4.74. The van der Waals surface area contributed by atoms with Gasteiger partial charge in [-0.05, 0) is 48.2 Å². The molecular weight excluding hydrogens is 363 g/mol. The maximum Gasteiger partial charge on any atom is 0.310 e. The predicted molar refractivity (Wildman–Crippen MR) is 105 cm³/mol. The Kier molecular flexibility index (Phi) is 5.61. The Morgan fingerprint density at radius 3 is 1.96 bits per heavy atom. The second kappa shape index (κ2) is 7.92. The van der Waals surface area contributed by atoms with E-state index in [0.29, 0.717) is 5.75 Å². The maximum atomic E-state index is 13.3. The molecule has 27 heavy (non-hydrogen) atoms.